The Morgan fingerprint density at radius 1 is 0.652 bits per heavy atom. The summed E-state index contributed by atoms with van der Waals surface area (Å²) in [6.07, 6.45) is 0. The van der Waals surface area contributed by atoms with Crippen molar-refractivity contribution in [2.45, 2.75) is 100 Å². The van der Waals surface area contributed by atoms with Gasteiger partial charge in [-0.15, -0.1) is 9.42 Å². The largest absolute Gasteiger partial charge is 0.694 e. The molecule has 0 spiro atoms. The second-order valence-electron chi connectivity index (χ2n) is 11.0. The highest BCUT2D eigenvalue weighted by atomic mass is 31.1. The van der Waals surface area contributed by atoms with Crippen molar-refractivity contribution in [3.05, 3.63) is 0 Å². The fourth-order valence-corrected chi connectivity index (χ4v) is 9.55. The van der Waals surface area contributed by atoms with Crippen LogP contribution in [0.15, 0.2) is 0 Å². The third-order valence-electron chi connectivity index (χ3n) is 2.28. The molecule has 0 radical (unpaired) electrons. The second-order valence-corrected chi connectivity index (χ2v) is 21.0. The van der Waals surface area contributed by atoms with Crippen molar-refractivity contribution in [1.82, 2.24) is 0 Å². The lowest BCUT2D eigenvalue weighted by Crippen LogP contribution is -2.18. The Kier molecular flexibility index (Phi) is 14.6. The Morgan fingerprint density at radius 3 is 0.783 bits per heavy atom. The van der Waals surface area contributed by atoms with Crippen LogP contribution < -0.4 is 0 Å². The highest BCUT2D eigenvalue weighted by Crippen LogP contribution is 2.34. The Morgan fingerprint density at radius 2 is 0.783 bits per heavy atom. The van der Waals surface area contributed by atoms with Gasteiger partial charge in [0, 0.05) is 4.57 Å². The number of hydrogen-bond acceptors (Lipinski definition) is 2. The van der Waals surface area contributed by atoms with E-state index in [0.717, 1.165) is 0 Å². The van der Waals surface area contributed by atoms with Gasteiger partial charge in [0.2, 0.25) is 0 Å². The first-order chi connectivity index (χ1) is 9.68. The summed E-state index contributed by atoms with van der Waals surface area (Å²) < 4.78 is 15.6. The minimum atomic E-state index is -2.35. The van der Waals surface area contributed by atoms with Gasteiger partial charge in [-0.05, 0) is 0 Å². The van der Waals surface area contributed by atoms with Crippen molar-refractivity contribution < 1.29 is 14.0 Å². The van der Waals surface area contributed by atoms with Crippen LogP contribution in [0, 0.1) is 0 Å². The standard InChI is InChI=1S/4C4H9.CH3O3P.2Al.2H/c4*1-4(2)3;1-4-5(2)3;;;;/h4*1-3H3;1H3;;;;/p+1. The predicted molar refractivity (Wildman–Crippen MR) is 110 cm³/mol. The van der Waals surface area contributed by atoms with Crippen LogP contribution in [0.1, 0.15) is 83.1 Å². The zero-order valence-electron chi connectivity index (χ0n) is 18.1. The highest BCUT2D eigenvalue weighted by molar-refractivity contribution is 7.32. The average Bonchev–Trinajstić information content (AvgIpc) is 2.06. The maximum Gasteiger partial charge on any atom is 0.694 e. The summed E-state index contributed by atoms with van der Waals surface area (Å²) in [4.78, 5) is 7.65. The van der Waals surface area contributed by atoms with E-state index in [1.807, 2.05) is 0 Å². The van der Waals surface area contributed by atoms with Crippen LogP contribution >= 0.6 is 8.25 Å². The molecule has 0 saturated carbocycles. The molecule has 1 N–H and O–H groups in total. The topological polar surface area (TPSA) is 46.5 Å². The number of hydrogen-bond donors (Lipinski definition) is 1. The normalized spacial score (nSPS) is 13.0. The van der Waals surface area contributed by atoms with Crippen molar-refractivity contribution in [2.75, 3.05) is 7.11 Å². The SMILES string of the molecule is CO[P+](=O)O.C[C](C)(C)[AlH][C](C)(C)C.C[C](C)(C)[AlH][C](C)(C)C. The third kappa shape index (κ3) is 45.1. The van der Waals surface area contributed by atoms with Gasteiger partial charge in [0.05, 0.1) is 7.11 Å². The molecule has 0 fully saturated rings. The number of rotatable bonds is 1. The van der Waals surface area contributed by atoms with Crippen LogP contribution in [0.25, 0.3) is 0 Å². The van der Waals surface area contributed by atoms with Crippen molar-refractivity contribution in [2.24, 2.45) is 0 Å². The predicted octanol–water partition coefficient (Wildman–Crippen LogP) is 6.00. The van der Waals surface area contributed by atoms with Gasteiger partial charge in [0.15, 0.2) is 0 Å². The average molecular weight is 379 g/mol. The van der Waals surface area contributed by atoms with Crippen LogP contribution in [0.3, 0.4) is 0 Å². The molecule has 1 unspecified atom stereocenters. The molecule has 0 aromatic heterocycles. The summed E-state index contributed by atoms with van der Waals surface area (Å²) in [5.74, 6) is 0. The molecule has 0 aromatic carbocycles. The van der Waals surface area contributed by atoms with E-state index in [-0.39, 0.29) is 30.4 Å². The summed E-state index contributed by atoms with van der Waals surface area (Å²) in [6, 6.07) is 0. The van der Waals surface area contributed by atoms with Crippen molar-refractivity contribution in [1.29, 1.82) is 0 Å². The molecule has 0 aliphatic rings. The van der Waals surface area contributed by atoms with Crippen LogP contribution in [-0.2, 0) is 9.09 Å². The zero-order valence-corrected chi connectivity index (χ0v) is 21.8. The van der Waals surface area contributed by atoms with Crippen molar-refractivity contribution in [3.8, 4) is 0 Å². The lowest BCUT2D eigenvalue weighted by Gasteiger charge is -2.25. The van der Waals surface area contributed by atoms with E-state index in [1.165, 1.54) is 7.11 Å². The molecule has 0 saturated heterocycles. The van der Waals surface area contributed by atoms with Gasteiger partial charge in [-0.25, -0.2) is 0 Å². The summed E-state index contributed by atoms with van der Waals surface area (Å²) in [5, 5.41) is 0. The van der Waals surface area contributed by atoms with Crippen molar-refractivity contribution >= 4 is 38.7 Å². The van der Waals surface area contributed by atoms with Crippen LogP contribution in [0.2, 0.25) is 17.1 Å². The van der Waals surface area contributed by atoms with Gasteiger partial charge >= 0.3 is 8.25 Å². The van der Waals surface area contributed by atoms with Crippen LogP contribution in [-0.4, -0.2) is 42.4 Å². The molecule has 0 amide bonds. The minimum Gasteiger partial charge on any atom is -0.133 e. The Labute approximate surface area is 159 Å². The zero-order chi connectivity index (χ0) is 19.7. The quantitative estimate of drug-likeness (QED) is 0.449. The molecule has 0 aromatic rings. The summed E-state index contributed by atoms with van der Waals surface area (Å²) >= 11 is 0.176. The first-order valence-electron chi connectivity index (χ1n) is 8.39. The van der Waals surface area contributed by atoms with Gasteiger partial charge in [-0.1, -0.05) is 100 Å². The van der Waals surface area contributed by atoms with E-state index in [9.17, 15) is 4.57 Å². The molecule has 3 nitrogen and oxygen atoms in total. The molecule has 138 valence electrons. The summed E-state index contributed by atoms with van der Waals surface area (Å²) in [6.45, 7) is 28.2. The maximum absolute atomic E-state index is 9.29. The molecule has 6 heteroatoms. The smallest absolute Gasteiger partial charge is 0.133 e. The van der Waals surface area contributed by atoms with Gasteiger partial charge in [0.25, 0.3) is 30.4 Å². The monoisotopic (exact) mass is 379 g/mol. The van der Waals surface area contributed by atoms with E-state index in [1.54, 1.807) is 0 Å². The van der Waals surface area contributed by atoms with Crippen LogP contribution in [0.5, 0.6) is 0 Å². The van der Waals surface area contributed by atoms with Gasteiger partial charge in [-0.2, -0.15) is 0 Å². The summed E-state index contributed by atoms with van der Waals surface area (Å²) in [5.41, 5.74) is 0. The lowest BCUT2D eigenvalue weighted by atomic mass is 10.2. The molecule has 0 aliphatic carbocycles. The van der Waals surface area contributed by atoms with E-state index >= 15 is 0 Å². The molecule has 0 aliphatic heterocycles. The Bertz CT molecular complexity index is 269. The lowest BCUT2D eigenvalue weighted by molar-refractivity contribution is 0.343. The van der Waals surface area contributed by atoms with Crippen molar-refractivity contribution in [3.63, 3.8) is 0 Å². The van der Waals surface area contributed by atoms with E-state index in [0.29, 0.717) is 17.1 Å². The van der Waals surface area contributed by atoms with Crippen LogP contribution in [0.4, 0.5) is 0 Å². The third-order valence-corrected chi connectivity index (χ3v) is 6.83. The first-order valence-corrected chi connectivity index (χ1v) is 12.3. The molecular formula is C17H42Al2O3P+. The molecule has 1 atom stereocenters. The first kappa shape index (κ1) is 28.9. The Balaban J connectivity index is -0.000000273. The minimum absolute atomic E-state index is 0.0880. The molecule has 23 heavy (non-hydrogen) atoms. The van der Waals surface area contributed by atoms with Gasteiger partial charge < -0.3 is 0 Å². The maximum atomic E-state index is 9.29. The highest BCUT2D eigenvalue weighted by Gasteiger charge is 2.24. The molecule has 0 heterocycles. The van der Waals surface area contributed by atoms with E-state index in [4.69, 9.17) is 4.89 Å². The second kappa shape index (κ2) is 11.7. The van der Waals surface area contributed by atoms with Gasteiger partial charge in [0.1, 0.15) is 0 Å². The van der Waals surface area contributed by atoms with E-state index < -0.39 is 8.25 Å². The molecule has 0 bridgehead atoms. The molecular weight excluding hydrogens is 337 g/mol. The fraction of sp³-hybridized carbons (Fsp3) is 1.00. The van der Waals surface area contributed by atoms with E-state index in [2.05, 4.69) is 87.6 Å². The van der Waals surface area contributed by atoms with Gasteiger partial charge in [-0.3, -0.25) is 0 Å². The molecule has 0 rings (SSSR count). The fourth-order valence-electron chi connectivity index (χ4n) is 3.18. The summed E-state index contributed by atoms with van der Waals surface area (Å²) in [7, 11) is -1.18. The Hall–Kier alpha value is 1.08.